The second-order valence-electron chi connectivity index (χ2n) is 7.61. The van der Waals surface area contributed by atoms with E-state index in [0.29, 0.717) is 18.0 Å². The van der Waals surface area contributed by atoms with E-state index in [0.717, 1.165) is 27.3 Å². The molecule has 0 saturated heterocycles. The number of methoxy groups -OCH3 is 1. The van der Waals surface area contributed by atoms with E-state index in [1.807, 2.05) is 55.5 Å². The number of carbonyl (C=O) groups excluding carboxylic acids is 2. The number of hydrogen-bond acceptors (Lipinski definition) is 4. The molecule has 0 bridgehead atoms. The fraction of sp³-hybridized carbons (Fsp3) is 0.160. The normalized spacial score (nSPS) is 17.6. The minimum Gasteiger partial charge on any atom is -0.497 e. The van der Waals surface area contributed by atoms with Crippen LogP contribution in [0.5, 0.6) is 5.75 Å². The highest BCUT2D eigenvalue weighted by Gasteiger charge is 2.53. The SMILES string of the molecule is COc1ccc(N2C(=O)C3Sc4ccccc4C3=[N+](Cc3ccc(C)cc3)C2=O)cc1. The predicted octanol–water partition coefficient (Wildman–Crippen LogP) is 4.65. The van der Waals surface area contributed by atoms with Gasteiger partial charge in [-0.1, -0.05) is 42.0 Å². The molecule has 2 heterocycles. The fourth-order valence-corrected chi connectivity index (χ4v) is 5.28. The molecule has 5 nitrogen and oxygen atoms in total. The summed E-state index contributed by atoms with van der Waals surface area (Å²) in [4.78, 5) is 29.5. The van der Waals surface area contributed by atoms with E-state index in [1.165, 1.54) is 16.7 Å². The molecule has 0 aromatic heterocycles. The molecule has 5 rings (SSSR count). The van der Waals surface area contributed by atoms with Gasteiger partial charge in [0.05, 0.1) is 7.11 Å². The zero-order chi connectivity index (χ0) is 21.5. The highest BCUT2D eigenvalue weighted by Crippen LogP contribution is 2.41. The first-order chi connectivity index (χ1) is 15.1. The topological polar surface area (TPSA) is 49.6 Å². The van der Waals surface area contributed by atoms with E-state index in [9.17, 15) is 9.59 Å². The van der Waals surface area contributed by atoms with Crippen LogP contribution in [0.4, 0.5) is 10.5 Å². The molecule has 1 unspecified atom stereocenters. The molecular formula is C25H21N2O3S+. The first-order valence-corrected chi connectivity index (χ1v) is 10.9. The van der Waals surface area contributed by atoms with Crippen LogP contribution in [0.15, 0.2) is 77.7 Å². The van der Waals surface area contributed by atoms with E-state index >= 15 is 0 Å². The van der Waals surface area contributed by atoms with Crippen molar-refractivity contribution < 1.29 is 18.9 Å². The Hall–Kier alpha value is -3.38. The van der Waals surface area contributed by atoms with Crippen molar-refractivity contribution in [2.75, 3.05) is 12.0 Å². The lowest BCUT2D eigenvalue weighted by Crippen LogP contribution is -2.55. The largest absolute Gasteiger partial charge is 0.506 e. The van der Waals surface area contributed by atoms with Crippen LogP contribution in [-0.4, -0.2) is 34.6 Å². The van der Waals surface area contributed by atoms with Crippen LogP contribution in [0.25, 0.3) is 0 Å². The molecule has 0 radical (unpaired) electrons. The number of imide groups is 1. The summed E-state index contributed by atoms with van der Waals surface area (Å²) < 4.78 is 6.97. The monoisotopic (exact) mass is 429 g/mol. The van der Waals surface area contributed by atoms with Crippen molar-refractivity contribution in [1.82, 2.24) is 0 Å². The molecule has 3 aromatic rings. The summed E-state index contributed by atoms with van der Waals surface area (Å²) in [5.74, 6) is 0.457. The number of nitrogens with zero attached hydrogens (tertiary/aromatic N) is 2. The second kappa shape index (κ2) is 7.71. The zero-order valence-corrected chi connectivity index (χ0v) is 18.1. The molecule has 1 atom stereocenters. The highest BCUT2D eigenvalue weighted by molar-refractivity contribution is 8.02. The number of thioether (sulfide) groups is 1. The number of rotatable bonds is 4. The van der Waals surface area contributed by atoms with Crippen LogP contribution in [0.3, 0.4) is 0 Å². The molecule has 0 N–H and O–H groups in total. The van der Waals surface area contributed by atoms with Crippen molar-refractivity contribution in [3.63, 3.8) is 0 Å². The third-order valence-electron chi connectivity index (χ3n) is 5.61. The summed E-state index contributed by atoms with van der Waals surface area (Å²) in [5.41, 5.74) is 4.46. The lowest BCUT2D eigenvalue weighted by atomic mass is 10.0. The minimum atomic E-state index is -0.456. The number of ether oxygens (including phenoxy) is 1. The molecule has 0 spiro atoms. The number of benzene rings is 3. The van der Waals surface area contributed by atoms with Crippen LogP contribution in [0.2, 0.25) is 0 Å². The van der Waals surface area contributed by atoms with Gasteiger partial charge in [-0.3, -0.25) is 0 Å². The summed E-state index contributed by atoms with van der Waals surface area (Å²) in [6.45, 7) is 2.44. The average molecular weight is 430 g/mol. The number of aryl methyl sites for hydroxylation is 1. The van der Waals surface area contributed by atoms with Crippen LogP contribution in [0, 0.1) is 6.92 Å². The van der Waals surface area contributed by atoms with Crippen molar-refractivity contribution in [3.8, 4) is 5.75 Å². The van der Waals surface area contributed by atoms with Gasteiger partial charge in [0.1, 0.15) is 23.7 Å². The second-order valence-corrected chi connectivity index (χ2v) is 8.75. The molecule has 3 aromatic carbocycles. The van der Waals surface area contributed by atoms with Crippen LogP contribution >= 0.6 is 11.8 Å². The molecule has 0 saturated carbocycles. The molecule has 0 fully saturated rings. The van der Waals surface area contributed by atoms with Gasteiger partial charge in [-0.25, -0.2) is 4.79 Å². The maximum absolute atomic E-state index is 13.7. The summed E-state index contributed by atoms with van der Waals surface area (Å²) >= 11 is 1.51. The molecular weight excluding hydrogens is 408 g/mol. The van der Waals surface area contributed by atoms with Crippen LogP contribution in [0.1, 0.15) is 16.7 Å². The summed E-state index contributed by atoms with van der Waals surface area (Å²) in [6.07, 6.45) is 0. The number of amides is 3. The molecule has 31 heavy (non-hydrogen) atoms. The van der Waals surface area contributed by atoms with E-state index in [1.54, 1.807) is 36.0 Å². The Morgan fingerprint density at radius 1 is 0.968 bits per heavy atom. The molecule has 2 aliphatic rings. The van der Waals surface area contributed by atoms with E-state index in [-0.39, 0.29) is 11.9 Å². The van der Waals surface area contributed by atoms with Gasteiger partial charge in [-0.2, -0.15) is 9.37 Å². The number of hydrogen-bond donors (Lipinski definition) is 0. The van der Waals surface area contributed by atoms with Crippen molar-refractivity contribution in [2.45, 2.75) is 23.6 Å². The van der Waals surface area contributed by atoms with Gasteiger partial charge in [-0.05, 0) is 48.9 Å². The molecule has 0 aliphatic carbocycles. The molecule has 2 aliphatic heterocycles. The molecule has 6 heteroatoms. The van der Waals surface area contributed by atoms with Crippen molar-refractivity contribution in [1.29, 1.82) is 0 Å². The van der Waals surface area contributed by atoms with Gasteiger partial charge in [0.25, 0.3) is 0 Å². The number of carbonyl (C=O) groups is 2. The van der Waals surface area contributed by atoms with E-state index in [2.05, 4.69) is 0 Å². The summed E-state index contributed by atoms with van der Waals surface area (Å²) in [5, 5.41) is -0.456. The van der Waals surface area contributed by atoms with Gasteiger partial charge < -0.3 is 4.74 Å². The van der Waals surface area contributed by atoms with Gasteiger partial charge >= 0.3 is 11.9 Å². The number of anilines is 1. The van der Waals surface area contributed by atoms with E-state index in [4.69, 9.17) is 4.74 Å². The van der Waals surface area contributed by atoms with E-state index < -0.39 is 5.25 Å². The highest BCUT2D eigenvalue weighted by atomic mass is 32.2. The average Bonchev–Trinajstić information content (AvgIpc) is 3.18. The Bertz CT molecular complexity index is 1220. The summed E-state index contributed by atoms with van der Waals surface area (Å²) in [6, 6.07) is 22.7. The van der Waals surface area contributed by atoms with Gasteiger partial charge in [-0.15, -0.1) is 16.7 Å². The molecule has 154 valence electrons. The third-order valence-corrected chi connectivity index (χ3v) is 6.88. The van der Waals surface area contributed by atoms with Crippen molar-refractivity contribution in [3.05, 3.63) is 89.5 Å². The van der Waals surface area contributed by atoms with Crippen LogP contribution < -0.4 is 9.64 Å². The standard InChI is InChI=1S/C25H21N2O3S/c1-16-7-9-17(10-8-16)15-26-22-20-5-3-4-6-21(20)31-23(22)24(28)27(25(26)29)18-11-13-19(30-2)14-12-18/h3-14,23H,15H2,1-2H3/q+1. The predicted molar refractivity (Wildman–Crippen MR) is 121 cm³/mol. The van der Waals surface area contributed by atoms with Crippen molar-refractivity contribution in [2.24, 2.45) is 0 Å². The first-order valence-electron chi connectivity index (χ1n) is 10.0. The Morgan fingerprint density at radius 3 is 2.39 bits per heavy atom. The smallest absolute Gasteiger partial charge is 0.497 e. The van der Waals surface area contributed by atoms with Gasteiger partial charge in [0.15, 0.2) is 5.25 Å². The Kier molecular flexibility index (Phi) is 4.87. The molecule has 3 amide bonds. The minimum absolute atomic E-state index is 0.216. The summed E-state index contributed by atoms with van der Waals surface area (Å²) in [7, 11) is 1.59. The Labute approximate surface area is 185 Å². The van der Waals surface area contributed by atoms with Gasteiger partial charge in [0, 0.05) is 10.5 Å². The fourth-order valence-electron chi connectivity index (χ4n) is 3.99. The first kappa shape index (κ1) is 19.6. The zero-order valence-electron chi connectivity index (χ0n) is 17.2. The quantitative estimate of drug-likeness (QED) is 0.567. The maximum atomic E-state index is 13.7. The Balaban J connectivity index is 1.64. The third kappa shape index (κ3) is 3.33. The number of fused-ring (bicyclic) bond motifs is 3. The lowest BCUT2D eigenvalue weighted by Gasteiger charge is -2.24. The lowest BCUT2D eigenvalue weighted by molar-refractivity contribution is -0.444. The van der Waals surface area contributed by atoms with Crippen molar-refractivity contribution >= 4 is 35.1 Å². The Morgan fingerprint density at radius 2 is 1.68 bits per heavy atom. The number of urea groups is 1. The van der Waals surface area contributed by atoms with Gasteiger partial charge in [0.2, 0.25) is 0 Å². The maximum Gasteiger partial charge on any atom is 0.506 e. The van der Waals surface area contributed by atoms with Crippen LogP contribution in [-0.2, 0) is 11.3 Å².